The number of piperazine rings is 2. The first-order valence-corrected chi connectivity index (χ1v) is 19.5. The molecule has 0 atom stereocenters. The molecule has 16 heteroatoms. The van der Waals surface area contributed by atoms with Crippen LogP contribution in [-0.4, -0.2) is 105 Å². The van der Waals surface area contributed by atoms with Crippen LogP contribution in [0, 0.1) is 11.6 Å². The Morgan fingerprint density at radius 2 is 0.962 bits per heavy atom. The van der Waals surface area contributed by atoms with Crippen molar-refractivity contribution in [3.63, 3.8) is 0 Å². The number of nitrogens with zero attached hydrogens (tertiary/aromatic N) is 4. The Balaban J connectivity index is 1.11. The van der Waals surface area contributed by atoms with E-state index in [9.17, 15) is 35.5 Å². The van der Waals surface area contributed by atoms with Gasteiger partial charge in [0.25, 0.3) is 0 Å². The SMILES string of the molecule is O=C(O)C(Oc1ccc(F)cc1CN1CCN(S(=O)(=O)c2ccccc2)CC1)Oc1ccc(F)cc1CN1CCN(S(=O)(=O)c2ccccc2)CC1. The lowest BCUT2D eigenvalue weighted by Gasteiger charge is -2.34. The van der Waals surface area contributed by atoms with Crippen molar-refractivity contribution >= 4 is 26.0 Å². The van der Waals surface area contributed by atoms with Crippen LogP contribution in [0.1, 0.15) is 11.1 Å². The minimum Gasteiger partial charge on any atom is -0.476 e. The van der Waals surface area contributed by atoms with Gasteiger partial charge in [-0.15, -0.1) is 0 Å². The van der Waals surface area contributed by atoms with Crippen LogP contribution in [0.2, 0.25) is 0 Å². The molecule has 276 valence electrons. The molecule has 2 fully saturated rings. The molecular formula is C36H38F2N4O8S2. The zero-order valence-electron chi connectivity index (χ0n) is 28.1. The van der Waals surface area contributed by atoms with E-state index in [0.29, 0.717) is 37.3 Å². The maximum Gasteiger partial charge on any atom is 0.387 e. The van der Waals surface area contributed by atoms with Crippen LogP contribution in [0.25, 0.3) is 0 Å². The van der Waals surface area contributed by atoms with Crippen LogP contribution in [-0.2, 0) is 37.9 Å². The Hall–Kier alpha value is -4.45. The Morgan fingerprint density at radius 3 is 1.31 bits per heavy atom. The van der Waals surface area contributed by atoms with E-state index >= 15 is 0 Å². The Kier molecular flexibility index (Phi) is 11.5. The summed E-state index contributed by atoms with van der Waals surface area (Å²) in [5.41, 5.74) is 0.661. The van der Waals surface area contributed by atoms with Gasteiger partial charge in [0.2, 0.25) is 20.0 Å². The minimum absolute atomic E-state index is 0.0487. The number of halogens is 2. The van der Waals surface area contributed by atoms with E-state index < -0.39 is 43.9 Å². The third-order valence-electron chi connectivity index (χ3n) is 8.93. The summed E-state index contributed by atoms with van der Waals surface area (Å²) in [5.74, 6) is -2.53. The molecule has 0 bridgehead atoms. The normalized spacial score (nSPS) is 16.9. The summed E-state index contributed by atoms with van der Waals surface area (Å²) in [5, 5.41) is 10.1. The zero-order chi connectivity index (χ0) is 36.9. The maximum absolute atomic E-state index is 14.5. The molecule has 2 heterocycles. The number of aliphatic carboxylic acids is 1. The van der Waals surface area contributed by atoms with Gasteiger partial charge < -0.3 is 14.6 Å². The molecular weight excluding hydrogens is 719 g/mol. The summed E-state index contributed by atoms with van der Waals surface area (Å²) in [6.45, 7) is 2.46. The van der Waals surface area contributed by atoms with Crippen LogP contribution >= 0.6 is 0 Å². The van der Waals surface area contributed by atoms with Crippen LogP contribution in [0.3, 0.4) is 0 Å². The molecule has 4 aromatic rings. The van der Waals surface area contributed by atoms with Gasteiger partial charge in [-0.25, -0.2) is 30.4 Å². The average Bonchev–Trinajstić information content (AvgIpc) is 3.14. The van der Waals surface area contributed by atoms with Gasteiger partial charge in [-0.05, 0) is 60.7 Å². The van der Waals surface area contributed by atoms with E-state index in [-0.39, 0.29) is 60.6 Å². The van der Waals surface area contributed by atoms with Gasteiger partial charge in [-0.1, -0.05) is 36.4 Å². The predicted molar refractivity (Wildman–Crippen MR) is 186 cm³/mol. The Bertz CT molecular complexity index is 1930. The maximum atomic E-state index is 14.5. The molecule has 4 aromatic carbocycles. The summed E-state index contributed by atoms with van der Waals surface area (Å²) < 4.78 is 95.5. The number of carboxylic acids is 1. The van der Waals surface area contributed by atoms with Crippen molar-refractivity contribution in [1.29, 1.82) is 0 Å². The highest BCUT2D eigenvalue weighted by Gasteiger charge is 2.31. The monoisotopic (exact) mass is 756 g/mol. The molecule has 0 amide bonds. The van der Waals surface area contributed by atoms with Crippen LogP contribution in [0.4, 0.5) is 8.78 Å². The highest BCUT2D eigenvalue weighted by molar-refractivity contribution is 7.89. The van der Waals surface area contributed by atoms with Crippen molar-refractivity contribution in [2.45, 2.75) is 29.2 Å². The molecule has 6 rings (SSSR count). The number of sulfonamides is 2. The fourth-order valence-electron chi connectivity index (χ4n) is 6.15. The third-order valence-corrected chi connectivity index (χ3v) is 12.8. The van der Waals surface area contributed by atoms with E-state index in [0.717, 1.165) is 12.1 Å². The van der Waals surface area contributed by atoms with Gasteiger partial charge in [0.1, 0.15) is 23.1 Å². The van der Waals surface area contributed by atoms with E-state index in [1.165, 1.54) is 57.1 Å². The van der Waals surface area contributed by atoms with Gasteiger partial charge in [0, 0.05) is 76.6 Å². The van der Waals surface area contributed by atoms with Crippen molar-refractivity contribution in [2.75, 3.05) is 52.4 Å². The lowest BCUT2D eigenvalue weighted by atomic mass is 10.1. The number of carboxylic acid groups (broad SMARTS) is 1. The highest BCUT2D eigenvalue weighted by atomic mass is 32.2. The molecule has 2 aliphatic heterocycles. The van der Waals surface area contributed by atoms with E-state index in [1.807, 2.05) is 9.80 Å². The number of ether oxygens (including phenoxy) is 2. The molecule has 0 saturated carbocycles. The molecule has 2 saturated heterocycles. The first-order chi connectivity index (χ1) is 24.9. The molecule has 2 aliphatic rings. The quantitative estimate of drug-likeness (QED) is 0.201. The largest absolute Gasteiger partial charge is 0.476 e. The molecule has 0 aliphatic carbocycles. The topological polar surface area (TPSA) is 137 Å². The lowest BCUT2D eigenvalue weighted by molar-refractivity contribution is -0.158. The number of rotatable bonds is 13. The Labute approximate surface area is 301 Å². The summed E-state index contributed by atoms with van der Waals surface area (Å²) >= 11 is 0. The second-order valence-electron chi connectivity index (χ2n) is 12.4. The number of hydrogen-bond acceptors (Lipinski definition) is 9. The van der Waals surface area contributed by atoms with Crippen molar-refractivity contribution < 1.29 is 45.0 Å². The molecule has 1 N–H and O–H groups in total. The molecule has 0 radical (unpaired) electrons. The molecule has 0 spiro atoms. The third kappa shape index (κ3) is 8.77. The second-order valence-corrected chi connectivity index (χ2v) is 16.3. The van der Waals surface area contributed by atoms with Crippen LogP contribution in [0.5, 0.6) is 11.5 Å². The number of carbonyl (C=O) groups is 1. The molecule has 0 aromatic heterocycles. The van der Waals surface area contributed by atoms with Gasteiger partial charge in [0.05, 0.1) is 9.79 Å². The summed E-state index contributed by atoms with van der Waals surface area (Å²) in [4.78, 5) is 16.6. The molecule has 0 unspecified atom stereocenters. The second kappa shape index (κ2) is 16.1. The standard InChI is InChI=1S/C36H38F2N4O8S2/c37-29-11-13-33(27(23-29)25-39-15-19-41(20-16-39)51(45,46)31-7-3-1-4-8-31)49-36(35(43)44)50-34-14-12-30(38)24-28(34)26-40-17-21-42(22-18-40)52(47,48)32-9-5-2-6-10-32/h1-14,23-24,36H,15-22,25-26H2,(H,43,44). The predicted octanol–water partition coefficient (Wildman–Crippen LogP) is 3.85. The highest BCUT2D eigenvalue weighted by Crippen LogP contribution is 2.28. The number of benzene rings is 4. The minimum atomic E-state index is -3.68. The Morgan fingerprint density at radius 1 is 0.596 bits per heavy atom. The van der Waals surface area contributed by atoms with Gasteiger partial charge in [-0.3, -0.25) is 9.80 Å². The van der Waals surface area contributed by atoms with E-state index in [4.69, 9.17) is 9.47 Å². The van der Waals surface area contributed by atoms with Crippen LogP contribution in [0.15, 0.2) is 107 Å². The first-order valence-electron chi connectivity index (χ1n) is 16.6. The molecule has 52 heavy (non-hydrogen) atoms. The van der Waals surface area contributed by atoms with Gasteiger partial charge >= 0.3 is 12.3 Å². The van der Waals surface area contributed by atoms with Crippen molar-refractivity contribution in [3.8, 4) is 11.5 Å². The fraction of sp³-hybridized carbons (Fsp3) is 0.306. The summed E-state index contributed by atoms with van der Waals surface area (Å²) in [6.07, 6.45) is -1.89. The van der Waals surface area contributed by atoms with Crippen LogP contribution < -0.4 is 9.47 Å². The van der Waals surface area contributed by atoms with Gasteiger partial charge in [0.15, 0.2) is 0 Å². The molecule has 12 nitrogen and oxygen atoms in total. The zero-order valence-corrected chi connectivity index (χ0v) is 29.7. The smallest absolute Gasteiger partial charge is 0.387 e. The average molecular weight is 757 g/mol. The van der Waals surface area contributed by atoms with Crippen molar-refractivity contribution in [2.24, 2.45) is 0 Å². The van der Waals surface area contributed by atoms with E-state index in [2.05, 4.69) is 0 Å². The summed E-state index contributed by atoms with van der Waals surface area (Å²) in [6, 6.07) is 23.6. The lowest BCUT2D eigenvalue weighted by Crippen LogP contribution is -2.48. The fourth-order valence-corrected chi connectivity index (χ4v) is 9.04. The first kappa shape index (κ1) is 37.3. The van der Waals surface area contributed by atoms with Crippen molar-refractivity contribution in [3.05, 3.63) is 120 Å². The number of hydrogen-bond donors (Lipinski definition) is 1. The van der Waals surface area contributed by atoms with Gasteiger partial charge in [-0.2, -0.15) is 8.61 Å². The summed E-state index contributed by atoms with van der Waals surface area (Å²) in [7, 11) is -7.35. The van der Waals surface area contributed by atoms with E-state index in [1.54, 1.807) is 36.4 Å². The van der Waals surface area contributed by atoms with Crippen molar-refractivity contribution in [1.82, 2.24) is 18.4 Å².